The molecule has 1 fully saturated rings. The van der Waals surface area contributed by atoms with Gasteiger partial charge in [0.15, 0.2) is 15.5 Å². The van der Waals surface area contributed by atoms with Crippen molar-refractivity contribution in [3.05, 3.63) is 64.5 Å². The summed E-state index contributed by atoms with van der Waals surface area (Å²) in [5.74, 6) is 0. The van der Waals surface area contributed by atoms with Crippen LogP contribution in [0.3, 0.4) is 0 Å². The molecule has 2 aromatic carbocycles. The molecule has 0 saturated carbocycles. The SMILES string of the molecule is F.[C-]#[N+]c1ccc(S(=O)(=O)[C@H]2CN(S(=O)(=O)c3ccc(C)cc3Cl)C[C@@]2(O)CO)cc1. The topological polar surface area (TPSA) is 116 Å². The number of aliphatic hydroxyl groups excluding tert-OH is 1. The van der Waals surface area contributed by atoms with Crippen LogP contribution < -0.4 is 0 Å². The molecule has 0 amide bonds. The van der Waals surface area contributed by atoms with Gasteiger partial charge >= 0.3 is 0 Å². The number of halogens is 2. The highest BCUT2D eigenvalue weighted by molar-refractivity contribution is 7.92. The zero-order chi connectivity index (χ0) is 22.3. The maximum Gasteiger partial charge on any atom is 0.244 e. The molecular weight excluding hydrogens is 471 g/mol. The Morgan fingerprint density at radius 1 is 1.19 bits per heavy atom. The second-order valence-electron chi connectivity index (χ2n) is 7.13. The van der Waals surface area contributed by atoms with Crippen molar-refractivity contribution in [3.8, 4) is 0 Å². The lowest BCUT2D eigenvalue weighted by atomic mass is 10.1. The Morgan fingerprint density at radius 2 is 1.81 bits per heavy atom. The van der Waals surface area contributed by atoms with Crippen molar-refractivity contribution in [2.24, 2.45) is 0 Å². The molecule has 3 rings (SSSR count). The summed E-state index contributed by atoms with van der Waals surface area (Å²) in [5, 5.41) is 18.9. The van der Waals surface area contributed by atoms with Gasteiger partial charge in [0, 0.05) is 13.1 Å². The first-order valence-corrected chi connectivity index (χ1v) is 12.1. The van der Waals surface area contributed by atoms with E-state index in [2.05, 4.69) is 4.85 Å². The summed E-state index contributed by atoms with van der Waals surface area (Å²) >= 11 is 6.09. The Kier molecular flexibility index (Phi) is 7.17. The molecule has 0 radical (unpaired) electrons. The number of aliphatic hydroxyl groups is 2. The van der Waals surface area contributed by atoms with E-state index in [9.17, 15) is 27.0 Å². The Balaban J connectivity index is 0.00000341. The minimum atomic E-state index is -4.23. The van der Waals surface area contributed by atoms with E-state index in [1.807, 2.05) is 0 Å². The standard InChI is InChI=1S/C19H19ClN2O6S2.FH/c1-13-3-8-17(16(20)9-13)30(27,28)22-10-18(19(24,11-22)12-23)29(25,26)15-6-4-14(21-2)5-7-15;/h3-9,18,23-24H,10-12H2,1H3;1H/t18-,19+;/m0./s1. The molecule has 168 valence electrons. The molecule has 2 aromatic rings. The largest absolute Gasteiger partial charge is 0.393 e. The second kappa shape index (κ2) is 8.82. The number of hydrogen-bond acceptors (Lipinski definition) is 6. The van der Waals surface area contributed by atoms with E-state index in [0.717, 1.165) is 9.87 Å². The van der Waals surface area contributed by atoms with Gasteiger partial charge in [-0.3, -0.25) is 4.70 Å². The average Bonchev–Trinajstić information content (AvgIpc) is 3.07. The Hall–Kier alpha value is -2.07. The van der Waals surface area contributed by atoms with Crippen LogP contribution >= 0.6 is 11.6 Å². The normalized spacial score (nSPS) is 22.0. The van der Waals surface area contributed by atoms with Gasteiger partial charge in [-0.15, -0.1) is 0 Å². The van der Waals surface area contributed by atoms with Gasteiger partial charge in [-0.25, -0.2) is 21.7 Å². The third-order valence-corrected chi connectivity index (χ3v) is 9.63. The minimum absolute atomic E-state index is 0. The van der Waals surface area contributed by atoms with Crippen LogP contribution in [0.5, 0.6) is 0 Å². The lowest BCUT2D eigenvalue weighted by molar-refractivity contribution is 0.00160. The van der Waals surface area contributed by atoms with Crippen molar-refractivity contribution >= 4 is 37.1 Å². The molecule has 1 aliphatic heterocycles. The van der Waals surface area contributed by atoms with Crippen molar-refractivity contribution in [2.75, 3.05) is 19.7 Å². The number of benzene rings is 2. The molecule has 0 bridgehead atoms. The van der Waals surface area contributed by atoms with E-state index in [0.29, 0.717) is 0 Å². The van der Waals surface area contributed by atoms with Crippen molar-refractivity contribution in [1.82, 2.24) is 4.31 Å². The van der Waals surface area contributed by atoms with Gasteiger partial charge in [0.2, 0.25) is 10.0 Å². The Morgan fingerprint density at radius 3 is 2.32 bits per heavy atom. The molecule has 12 heteroatoms. The van der Waals surface area contributed by atoms with Crippen LogP contribution in [0.2, 0.25) is 5.02 Å². The maximum atomic E-state index is 13.1. The predicted molar refractivity (Wildman–Crippen MR) is 113 cm³/mol. The monoisotopic (exact) mass is 490 g/mol. The van der Waals surface area contributed by atoms with Gasteiger partial charge in [0.1, 0.15) is 15.7 Å². The minimum Gasteiger partial charge on any atom is -0.393 e. The number of aryl methyl sites for hydroxylation is 1. The first-order chi connectivity index (χ1) is 14.0. The zero-order valence-corrected chi connectivity index (χ0v) is 18.7. The molecule has 1 heterocycles. The number of β-amino-alcohol motifs (C(OH)–C–C–N with tert-alkyl or cyclic N) is 1. The second-order valence-corrected chi connectivity index (χ2v) is 11.6. The Bertz CT molecular complexity index is 1230. The van der Waals surface area contributed by atoms with Crippen LogP contribution in [0.1, 0.15) is 5.56 Å². The number of rotatable bonds is 5. The van der Waals surface area contributed by atoms with Crippen LogP contribution in [0.4, 0.5) is 10.4 Å². The number of sulfone groups is 1. The Labute approximate surface area is 184 Å². The number of hydrogen-bond donors (Lipinski definition) is 2. The first-order valence-electron chi connectivity index (χ1n) is 8.77. The molecule has 31 heavy (non-hydrogen) atoms. The van der Waals surface area contributed by atoms with Gasteiger partial charge in [-0.2, -0.15) is 4.31 Å². The van der Waals surface area contributed by atoms with Crippen LogP contribution in [0, 0.1) is 13.5 Å². The fourth-order valence-electron chi connectivity index (χ4n) is 3.38. The van der Waals surface area contributed by atoms with Gasteiger partial charge in [0.25, 0.3) is 0 Å². The van der Waals surface area contributed by atoms with Crippen molar-refractivity contribution in [3.63, 3.8) is 0 Å². The van der Waals surface area contributed by atoms with Crippen molar-refractivity contribution in [1.29, 1.82) is 0 Å². The summed E-state index contributed by atoms with van der Waals surface area (Å²) in [6.07, 6.45) is 0. The maximum absolute atomic E-state index is 13.1. The first kappa shape index (κ1) is 25.2. The highest BCUT2D eigenvalue weighted by atomic mass is 35.5. The van der Waals surface area contributed by atoms with Gasteiger partial charge in [-0.05, 0) is 24.6 Å². The predicted octanol–water partition coefficient (Wildman–Crippen LogP) is 1.92. The van der Waals surface area contributed by atoms with Crippen molar-refractivity contribution < 1.29 is 31.8 Å². The van der Waals surface area contributed by atoms with Gasteiger partial charge in [-0.1, -0.05) is 41.9 Å². The molecule has 2 N–H and O–H groups in total. The van der Waals surface area contributed by atoms with E-state index in [-0.39, 0.29) is 25.2 Å². The summed E-state index contributed by atoms with van der Waals surface area (Å²) in [6.45, 7) is 6.57. The lowest BCUT2D eigenvalue weighted by Crippen LogP contribution is -2.49. The molecule has 8 nitrogen and oxygen atoms in total. The summed E-state index contributed by atoms with van der Waals surface area (Å²) in [4.78, 5) is 2.80. The van der Waals surface area contributed by atoms with Gasteiger partial charge in [0.05, 0.1) is 23.1 Å². The molecule has 0 aliphatic carbocycles. The number of sulfonamides is 1. The highest BCUT2D eigenvalue weighted by Gasteiger charge is 2.55. The van der Waals surface area contributed by atoms with Crippen molar-refractivity contribution in [2.45, 2.75) is 27.6 Å². The lowest BCUT2D eigenvalue weighted by Gasteiger charge is -2.26. The summed E-state index contributed by atoms with van der Waals surface area (Å²) in [6, 6.07) is 9.40. The van der Waals surface area contributed by atoms with E-state index >= 15 is 0 Å². The molecule has 2 atom stereocenters. The summed E-state index contributed by atoms with van der Waals surface area (Å²) < 4.78 is 53.2. The van der Waals surface area contributed by atoms with E-state index < -0.39 is 50.4 Å². The average molecular weight is 491 g/mol. The van der Waals surface area contributed by atoms with Crippen LogP contribution in [-0.2, 0) is 19.9 Å². The molecular formula is C19H20ClFN2O6S2. The van der Waals surface area contributed by atoms with Crippen LogP contribution in [-0.4, -0.2) is 61.9 Å². The third-order valence-electron chi connectivity index (χ3n) is 5.07. The fraction of sp³-hybridized carbons (Fsp3) is 0.316. The van der Waals surface area contributed by atoms with E-state index in [4.69, 9.17) is 18.2 Å². The van der Waals surface area contributed by atoms with E-state index in [1.54, 1.807) is 13.0 Å². The quantitative estimate of drug-likeness (QED) is 0.618. The zero-order valence-electron chi connectivity index (χ0n) is 16.3. The number of nitrogens with zero attached hydrogens (tertiary/aromatic N) is 2. The molecule has 0 spiro atoms. The molecule has 0 aromatic heterocycles. The molecule has 1 saturated heterocycles. The smallest absolute Gasteiger partial charge is 0.244 e. The summed E-state index contributed by atoms with van der Waals surface area (Å²) in [5.41, 5.74) is -1.23. The van der Waals surface area contributed by atoms with Gasteiger partial charge < -0.3 is 10.2 Å². The van der Waals surface area contributed by atoms with E-state index in [1.165, 1.54) is 36.4 Å². The van der Waals surface area contributed by atoms with Crippen LogP contribution in [0.15, 0.2) is 52.3 Å². The third kappa shape index (κ3) is 4.45. The van der Waals surface area contributed by atoms with Crippen LogP contribution in [0.25, 0.3) is 4.85 Å². The summed E-state index contributed by atoms with van der Waals surface area (Å²) in [7, 11) is -8.45. The molecule has 1 aliphatic rings. The highest BCUT2D eigenvalue weighted by Crippen LogP contribution is 2.36. The molecule has 0 unspecified atom stereocenters. The fourth-order valence-corrected chi connectivity index (χ4v) is 7.51.